The van der Waals surface area contributed by atoms with E-state index in [1.54, 1.807) is 19.2 Å². The number of nitrogens with zero attached hydrogens (tertiary/aromatic N) is 2. The van der Waals surface area contributed by atoms with E-state index in [0.29, 0.717) is 43.1 Å². The maximum Gasteiger partial charge on any atom is 0.406 e. The van der Waals surface area contributed by atoms with Crippen LogP contribution in [0.3, 0.4) is 0 Å². The Balaban J connectivity index is 1.53. The molecule has 36 heavy (non-hydrogen) atoms. The van der Waals surface area contributed by atoms with E-state index in [9.17, 15) is 13.2 Å². The Morgan fingerprint density at radius 1 is 1.17 bits per heavy atom. The van der Waals surface area contributed by atoms with E-state index in [1.807, 2.05) is 12.1 Å². The summed E-state index contributed by atoms with van der Waals surface area (Å²) in [5.74, 6) is 6.02. The Bertz CT molecular complexity index is 1060. The van der Waals surface area contributed by atoms with Gasteiger partial charge in [-0.05, 0) is 70.3 Å². The van der Waals surface area contributed by atoms with Crippen LogP contribution in [0.2, 0.25) is 0 Å². The first-order valence-corrected chi connectivity index (χ1v) is 12.7. The SMILES string of the molecule is CO[C@@H]1COCC[C@H]1NCC#Cc1cc2c(N[C@H]3CC[C@@H](N(C)C)CC3)cccc2n1CC(F)(F)F. The minimum absolute atomic E-state index is 0.0568. The van der Waals surface area contributed by atoms with Crippen molar-refractivity contribution in [1.29, 1.82) is 0 Å². The topological polar surface area (TPSA) is 50.7 Å². The molecule has 1 aromatic heterocycles. The zero-order valence-electron chi connectivity index (χ0n) is 21.3. The molecule has 1 saturated heterocycles. The highest BCUT2D eigenvalue weighted by Crippen LogP contribution is 2.32. The number of halogens is 3. The van der Waals surface area contributed by atoms with Crippen molar-refractivity contribution >= 4 is 16.6 Å². The fraction of sp³-hybridized carbons (Fsp3) is 0.630. The molecule has 0 amide bonds. The molecule has 6 nitrogen and oxygen atoms in total. The maximum atomic E-state index is 13.5. The van der Waals surface area contributed by atoms with Crippen LogP contribution >= 0.6 is 0 Å². The second-order valence-corrected chi connectivity index (χ2v) is 10.0. The number of anilines is 1. The number of aromatic nitrogens is 1. The number of ether oxygens (including phenoxy) is 2. The molecule has 2 fully saturated rings. The lowest BCUT2D eigenvalue weighted by Gasteiger charge is -2.33. The number of methoxy groups -OCH3 is 1. The van der Waals surface area contributed by atoms with Crippen LogP contribution in [0.1, 0.15) is 37.8 Å². The number of nitrogens with one attached hydrogen (secondary N) is 2. The first-order chi connectivity index (χ1) is 17.2. The first-order valence-electron chi connectivity index (χ1n) is 12.7. The number of alkyl halides is 3. The quantitative estimate of drug-likeness (QED) is 0.551. The third kappa shape index (κ3) is 6.74. The minimum Gasteiger partial charge on any atom is -0.382 e. The molecule has 2 heterocycles. The summed E-state index contributed by atoms with van der Waals surface area (Å²) in [7, 11) is 5.87. The second kappa shape index (κ2) is 11.9. The average molecular weight is 507 g/mol. The second-order valence-electron chi connectivity index (χ2n) is 10.0. The highest BCUT2D eigenvalue weighted by molar-refractivity contribution is 5.94. The minimum atomic E-state index is -4.34. The molecular formula is C27H37F3N4O2. The molecule has 2 aromatic rings. The van der Waals surface area contributed by atoms with E-state index < -0.39 is 12.7 Å². The summed E-state index contributed by atoms with van der Waals surface area (Å²) in [6.45, 7) is 0.459. The highest BCUT2D eigenvalue weighted by Gasteiger charge is 2.30. The molecule has 0 spiro atoms. The van der Waals surface area contributed by atoms with Crippen LogP contribution in [-0.2, 0) is 16.0 Å². The molecule has 0 bridgehead atoms. The number of benzene rings is 1. The van der Waals surface area contributed by atoms with Crippen LogP contribution in [0.25, 0.3) is 10.9 Å². The van der Waals surface area contributed by atoms with E-state index in [2.05, 4.69) is 41.5 Å². The summed E-state index contributed by atoms with van der Waals surface area (Å²) >= 11 is 0. The fourth-order valence-corrected chi connectivity index (χ4v) is 5.31. The molecule has 0 unspecified atom stereocenters. The van der Waals surface area contributed by atoms with Crippen molar-refractivity contribution in [3.8, 4) is 11.8 Å². The summed E-state index contributed by atoms with van der Waals surface area (Å²) in [6, 6.07) is 8.30. The Hall–Kier alpha value is -2.25. The smallest absolute Gasteiger partial charge is 0.382 e. The monoisotopic (exact) mass is 506 g/mol. The lowest BCUT2D eigenvalue weighted by molar-refractivity contribution is -0.140. The summed E-state index contributed by atoms with van der Waals surface area (Å²) in [5, 5.41) is 7.73. The molecule has 9 heteroatoms. The standard InChI is InChI=1S/C27H37F3N4O2/c1-33(2)20-11-9-19(10-12-20)32-23-7-4-8-25-22(23)16-21(34(25)18-27(28,29)30)6-5-14-31-24-13-15-36-17-26(24)35-3/h4,7-8,16,19-20,24,26,31-32H,9-15,17-18H2,1-3H3/t19-,20+,24-,26-/m1/s1. The summed E-state index contributed by atoms with van der Waals surface area (Å²) in [4.78, 5) is 2.27. The molecule has 1 aliphatic heterocycles. The third-order valence-corrected chi connectivity index (χ3v) is 7.35. The fourth-order valence-electron chi connectivity index (χ4n) is 5.31. The summed E-state index contributed by atoms with van der Waals surface area (Å²) in [5.41, 5.74) is 1.78. The van der Waals surface area contributed by atoms with Gasteiger partial charge in [-0.2, -0.15) is 13.2 Å². The van der Waals surface area contributed by atoms with Gasteiger partial charge in [0.2, 0.25) is 0 Å². The normalized spacial score (nSPS) is 25.1. The molecule has 1 aromatic carbocycles. The van der Waals surface area contributed by atoms with Crippen molar-refractivity contribution in [3.63, 3.8) is 0 Å². The van der Waals surface area contributed by atoms with Crippen molar-refractivity contribution in [3.05, 3.63) is 30.0 Å². The van der Waals surface area contributed by atoms with Gasteiger partial charge in [-0.3, -0.25) is 0 Å². The van der Waals surface area contributed by atoms with Gasteiger partial charge in [0, 0.05) is 42.9 Å². The van der Waals surface area contributed by atoms with Crippen molar-refractivity contribution in [1.82, 2.24) is 14.8 Å². The van der Waals surface area contributed by atoms with Crippen molar-refractivity contribution in [2.45, 2.75) is 69.1 Å². The van der Waals surface area contributed by atoms with Crippen molar-refractivity contribution in [2.75, 3.05) is 46.3 Å². The Labute approximate surface area is 211 Å². The van der Waals surface area contributed by atoms with Gasteiger partial charge in [-0.15, -0.1) is 0 Å². The van der Waals surface area contributed by atoms with Crippen LogP contribution in [0.4, 0.5) is 18.9 Å². The number of rotatable bonds is 7. The molecule has 2 atom stereocenters. The molecule has 4 rings (SSSR count). The van der Waals surface area contributed by atoms with Crippen LogP contribution in [0.15, 0.2) is 24.3 Å². The zero-order chi connectivity index (χ0) is 25.7. The van der Waals surface area contributed by atoms with Crippen LogP contribution in [-0.4, -0.2) is 80.8 Å². The van der Waals surface area contributed by atoms with Gasteiger partial charge in [0.15, 0.2) is 0 Å². The van der Waals surface area contributed by atoms with Crippen molar-refractivity contribution < 1.29 is 22.6 Å². The largest absolute Gasteiger partial charge is 0.406 e. The zero-order valence-corrected chi connectivity index (χ0v) is 21.3. The van der Waals surface area contributed by atoms with Crippen LogP contribution in [0, 0.1) is 11.8 Å². The lowest BCUT2D eigenvalue weighted by atomic mass is 9.90. The van der Waals surface area contributed by atoms with Crippen LogP contribution < -0.4 is 10.6 Å². The Morgan fingerprint density at radius 2 is 1.94 bits per heavy atom. The maximum absolute atomic E-state index is 13.5. The number of hydrogen-bond donors (Lipinski definition) is 2. The van der Waals surface area contributed by atoms with E-state index >= 15 is 0 Å². The van der Waals surface area contributed by atoms with Crippen molar-refractivity contribution in [2.24, 2.45) is 0 Å². The Morgan fingerprint density at radius 3 is 2.64 bits per heavy atom. The van der Waals surface area contributed by atoms with Gasteiger partial charge >= 0.3 is 6.18 Å². The molecule has 0 radical (unpaired) electrons. The third-order valence-electron chi connectivity index (χ3n) is 7.35. The number of fused-ring (bicyclic) bond motifs is 1. The van der Waals surface area contributed by atoms with E-state index in [4.69, 9.17) is 9.47 Å². The number of hydrogen-bond acceptors (Lipinski definition) is 5. The summed E-state index contributed by atoms with van der Waals surface area (Å²) < 4.78 is 52.6. The highest BCUT2D eigenvalue weighted by atomic mass is 19.4. The van der Waals surface area contributed by atoms with Gasteiger partial charge in [-0.1, -0.05) is 12.0 Å². The van der Waals surface area contributed by atoms with Gasteiger partial charge in [0.1, 0.15) is 6.54 Å². The van der Waals surface area contributed by atoms with E-state index in [-0.39, 0.29) is 12.1 Å². The van der Waals surface area contributed by atoms with Gasteiger partial charge < -0.3 is 29.6 Å². The average Bonchev–Trinajstić information content (AvgIpc) is 3.19. The van der Waals surface area contributed by atoms with Gasteiger partial charge in [0.25, 0.3) is 0 Å². The van der Waals surface area contributed by atoms with Gasteiger partial charge in [-0.25, -0.2) is 0 Å². The van der Waals surface area contributed by atoms with E-state index in [1.165, 1.54) is 4.57 Å². The molecule has 1 aliphatic carbocycles. The first kappa shape index (κ1) is 26.8. The molecular weight excluding hydrogens is 469 g/mol. The molecule has 1 saturated carbocycles. The lowest BCUT2D eigenvalue weighted by Crippen LogP contribution is -2.47. The molecule has 198 valence electrons. The molecule has 2 N–H and O–H groups in total. The van der Waals surface area contributed by atoms with Gasteiger partial charge in [0.05, 0.1) is 30.5 Å². The predicted octanol–water partition coefficient (Wildman–Crippen LogP) is 4.23. The Kier molecular flexibility index (Phi) is 8.83. The van der Waals surface area contributed by atoms with E-state index in [0.717, 1.165) is 43.2 Å². The predicted molar refractivity (Wildman–Crippen MR) is 136 cm³/mol. The van der Waals surface area contributed by atoms with Crippen LogP contribution in [0.5, 0.6) is 0 Å². The summed E-state index contributed by atoms with van der Waals surface area (Å²) in [6.07, 6.45) is 0.694. The molecule has 2 aliphatic rings.